The number of benzene rings is 1. The first-order chi connectivity index (χ1) is 11.2. The number of hydrogen-bond donors (Lipinski definition) is 0. The molecular weight excluding hydrogens is 286 g/mol. The molecule has 0 spiro atoms. The van der Waals surface area contributed by atoms with Gasteiger partial charge >= 0.3 is 0 Å². The minimum Gasteiger partial charge on any atom is -0.494 e. The van der Waals surface area contributed by atoms with Gasteiger partial charge in [0.15, 0.2) is 0 Å². The van der Waals surface area contributed by atoms with Crippen molar-refractivity contribution in [3.8, 4) is 5.75 Å². The van der Waals surface area contributed by atoms with E-state index in [0.29, 0.717) is 0 Å². The second-order valence-electron chi connectivity index (χ2n) is 6.86. The fourth-order valence-corrected chi connectivity index (χ4v) is 3.63. The van der Waals surface area contributed by atoms with Crippen LogP contribution in [-0.4, -0.2) is 67.6 Å². The van der Waals surface area contributed by atoms with Crippen LogP contribution >= 0.6 is 0 Å². The third-order valence-corrected chi connectivity index (χ3v) is 5.21. The molecule has 2 aliphatic rings. The number of fused-ring (bicyclic) bond motifs is 1. The Morgan fingerprint density at radius 3 is 2.43 bits per heavy atom. The zero-order valence-electron chi connectivity index (χ0n) is 15.0. The second kappa shape index (κ2) is 7.65. The van der Waals surface area contributed by atoms with Gasteiger partial charge in [-0.2, -0.15) is 0 Å². The lowest BCUT2D eigenvalue weighted by atomic mass is 9.96. The van der Waals surface area contributed by atoms with Crippen molar-refractivity contribution >= 4 is 0 Å². The fraction of sp³-hybridized carbons (Fsp3) is 0.684. The molecule has 128 valence electrons. The van der Waals surface area contributed by atoms with Gasteiger partial charge in [0.1, 0.15) is 5.75 Å². The summed E-state index contributed by atoms with van der Waals surface area (Å²) in [6.07, 6.45) is 1.17. The smallest absolute Gasteiger partial charge is 0.124 e. The molecule has 0 aromatic heterocycles. The van der Waals surface area contributed by atoms with E-state index in [0.717, 1.165) is 45.1 Å². The van der Waals surface area contributed by atoms with Crippen LogP contribution in [0.4, 0.5) is 0 Å². The number of rotatable bonds is 5. The van der Waals surface area contributed by atoms with Crippen LogP contribution in [0.25, 0.3) is 0 Å². The van der Waals surface area contributed by atoms with Gasteiger partial charge in [-0.3, -0.25) is 9.80 Å². The SMILES string of the molecule is CCOc1cc2c(cc1CN1CCN(C)CC1)CCN(CC)C2. The summed E-state index contributed by atoms with van der Waals surface area (Å²) in [6.45, 7) is 14.1. The summed E-state index contributed by atoms with van der Waals surface area (Å²) < 4.78 is 5.98. The predicted octanol–water partition coefficient (Wildman–Crippen LogP) is 2.21. The fourth-order valence-electron chi connectivity index (χ4n) is 3.63. The van der Waals surface area contributed by atoms with E-state index in [1.54, 1.807) is 0 Å². The zero-order chi connectivity index (χ0) is 16.2. The molecule has 0 aliphatic carbocycles. The summed E-state index contributed by atoms with van der Waals surface area (Å²) in [6, 6.07) is 4.73. The van der Waals surface area contributed by atoms with Crippen molar-refractivity contribution in [2.24, 2.45) is 0 Å². The highest BCUT2D eigenvalue weighted by Crippen LogP contribution is 2.29. The number of likely N-dealkylation sites (N-methyl/N-ethyl adjacent to an activating group) is 2. The summed E-state index contributed by atoms with van der Waals surface area (Å²) in [5.74, 6) is 1.10. The van der Waals surface area contributed by atoms with Crippen LogP contribution in [0.2, 0.25) is 0 Å². The number of piperazine rings is 1. The molecule has 0 bridgehead atoms. The van der Waals surface area contributed by atoms with Gasteiger partial charge in [0.05, 0.1) is 6.61 Å². The van der Waals surface area contributed by atoms with E-state index in [-0.39, 0.29) is 0 Å². The molecule has 0 radical (unpaired) electrons. The van der Waals surface area contributed by atoms with Gasteiger partial charge in [-0.1, -0.05) is 13.0 Å². The van der Waals surface area contributed by atoms with E-state index in [1.807, 2.05) is 0 Å². The molecule has 0 N–H and O–H groups in total. The first-order valence-corrected chi connectivity index (χ1v) is 9.10. The van der Waals surface area contributed by atoms with Crippen LogP contribution in [0.5, 0.6) is 5.75 Å². The topological polar surface area (TPSA) is 19.0 Å². The summed E-state index contributed by atoms with van der Waals surface area (Å²) in [7, 11) is 2.21. The summed E-state index contributed by atoms with van der Waals surface area (Å²) >= 11 is 0. The molecule has 0 atom stereocenters. The molecular formula is C19H31N3O. The van der Waals surface area contributed by atoms with E-state index < -0.39 is 0 Å². The molecule has 1 saturated heterocycles. The lowest BCUT2D eigenvalue weighted by Crippen LogP contribution is -2.44. The number of ether oxygens (including phenoxy) is 1. The van der Waals surface area contributed by atoms with Crippen molar-refractivity contribution in [3.05, 3.63) is 28.8 Å². The monoisotopic (exact) mass is 317 g/mol. The molecule has 1 aromatic carbocycles. The Hall–Kier alpha value is -1.10. The zero-order valence-corrected chi connectivity index (χ0v) is 15.0. The Labute approximate surface area is 141 Å². The normalized spacial score (nSPS) is 20.5. The minimum atomic E-state index is 0.742. The van der Waals surface area contributed by atoms with Crippen molar-refractivity contribution in [2.75, 3.05) is 52.9 Å². The minimum absolute atomic E-state index is 0.742. The molecule has 4 heteroatoms. The number of hydrogen-bond acceptors (Lipinski definition) is 4. The Bertz CT molecular complexity index is 524. The molecule has 4 nitrogen and oxygen atoms in total. The van der Waals surface area contributed by atoms with Gasteiger partial charge in [0.25, 0.3) is 0 Å². The molecule has 0 unspecified atom stereocenters. The van der Waals surface area contributed by atoms with E-state index in [1.165, 1.54) is 42.7 Å². The third-order valence-electron chi connectivity index (χ3n) is 5.21. The van der Waals surface area contributed by atoms with Crippen molar-refractivity contribution in [2.45, 2.75) is 33.4 Å². The molecule has 0 saturated carbocycles. The standard InChI is InChI=1S/C19H31N3O/c1-4-21-7-6-16-12-18(15-22-10-8-20(3)9-11-22)19(23-5-2)13-17(16)14-21/h12-13H,4-11,14-15H2,1-3H3. The van der Waals surface area contributed by atoms with Gasteiger partial charge in [-0.15, -0.1) is 0 Å². The van der Waals surface area contributed by atoms with Crippen molar-refractivity contribution in [1.29, 1.82) is 0 Å². The lowest BCUT2D eigenvalue weighted by molar-refractivity contribution is 0.146. The molecule has 0 amide bonds. The van der Waals surface area contributed by atoms with Crippen LogP contribution in [0.15, 0.2) is 12.1 Å². The van der Waals surface area contributed by atoms with E-state index in [2.05, 4.69) is 47.7 Å². The third kappa shape index (κ3) is 4.06. The first kappa shape index (κ1) is 16.7. The van der Waals surface area contributed by atoms with Gasteiger partial charge in [0.2, 0.25) is 0 Å². The van der Waals surface area contributed by atoms with Crippen LogP contribution in [-0.2, 0) is 19.5 Å². The predicted molar refractivity (Wildman–Crippen MR) is 95.0 cm³/mol. The molecule has 1 aromatic rings. The Morgan fingerprint density at radius 1 is 0.957 bits per heavy atom. The average molecular weight is 317 g/mol. The maximum Gasteiger partial charge on any atom is 0.124 e. The van der Waals surface area contributed by atoms with Crippen molar-refractivity contribution < 1.29 is 4.74 Å². The summed E-state index contributed by atoms with van der Waals surface area (Å²) in [5, 5.41) is 0. The first-order valence-electron chi connectivity index (χ1n) is 9.10. The molecule has 2 aliphatic heterocycles. The van der Waals surface area contributed by atoms with Crippen molar-refractivity contribution in [1.82, 2.24) is 14.7 Å². The maximum absolute atomic E-state index is 5.98. The van der Waals surface area contributed by atoms with Crippen LogP contribution < -0.4 is 4.74 Å². The van der Waals surface area contributed by atoms with Gasteiger partial charge < -0.3 is 9.64 Å². The molecule has 2 heterocycles. The lowest BCUT2D eigenvalue weighted by Gasteiger charge is -2.33. The van der Waals surface area contributed by atoms with E-state index >= 15 is 0 Å². The van der Waals surface area contributed by atoms with Crippen LogP contribution in [0.3, 0.4) is 0 Å². The van der Waals surface area contributed by atoms with Crippen LogP contribution in [0, 0.1) is 0 Å². The van der Waals surface area contributed by atoms with Gasteiger partial charge in [-0.25, -0.2) is 0 Å². The Balaban J connectivity index is 1.78. The molecule has 23 heavy (non-hydrogen) atoms. The van der Waals surface area contributed by atoms with Crippen molar-refractivity contribution in [3.63, 3.8) is 0 Å². The largest absolute Gasteiger partial charge is 0.494 e. The quantitative estimate of drug-likeness (QED) is 0.829. The second-order valence-corrected chi connectivity index (χ2v) is 6.86. The Kier molecular flexibility index (Phi) is 5.57. The maximum atomic E-state index is 5.98. The molecule has 1 fully saturated rings. The average Bonchev–Trinajstić information content (AvgIpc) is 2.57. The van der Waals surface area contributed by atoms with Crippen LogP contribution in [0.1, 0.15) is 30.5 Å². The Morgan fingerprint density at radius 2 is 1.74 bits per heavy atom. The summed E-state index contributed by atoms with van der Waals surface area (Å²) in [4.78, 5) is 7.48. The molecule has 3 rings (SSSR count). The highest BCUT2D eigenvalue weighted by Gasteiger charge is 2.20. The summed E-state index contributed by atoms with van der Waals surface area (Å²) in [5.41, 5.74) is 4.37. The van der Waals surface area contributed by atoms with E-state index in [4.69, 9.17) is 4.74 Å². The van der Waals surface area contributed by atoms with Gasteiger partial charge in [0, 0.05) is 51.4 Å². The van der Waals surface area contributed by atoms with E-state index in [9.17, 15) is 0 Å². The highest BCUT2D eigenvalue weighted by atomic mass is 16.5. The number of nitrogens with zero attached hydrogens (tertiary/aromatic N) is 3. The highest BCUT2D eigenvalue weighted by molar-refractivity contribution is 5.44. The van der Waals surface area contributed by atoms with Gasteiger partial charge in [-0.05, 0) is 44.1 Å².